The summed E-state index contributed by atoms with van der Waals surface area (Å²) in [6.45, 7) is 1.31. The minimum Gasteiger partial charge on any atom is -0.455 e. The molecule has 2 heterocycles. The van der Waals surface area contributed by atoms with Gasteiger partial charge in [-0.2, -0.15) is 13.2 Å². The maximum absolute atomic E-state index is 14.2. The van der Waals surface area contributed by atoms with Gasteiger partial charge in [0.05, 0.1) is 18.1 Å². The molecule has 4 N–H and O–H groups in total. The molecule has 0 spiro atoms. The molecule has 3 rings (SSSR count). The Morgan fingerprint density at radius 3 is 2.55 bits per heavy atom. The van der Waals surface area contributed by atoms with Crippen molar-refractivity contribution < 1.29 is 26.8 Å². The van der Waals surface area contributed by atoms with Crippen molar-refractivity contribution in [2.45, 2.75) is 19.1 Å². The van der Waals surface area contributed by atoms with Crippen LogP contribution in [-0.2, 0) is 0 Å². The topological polar surface area (TPSA) is 106 Å². The lowest BCUT2D eigenvalue weighted by molar-refractivity contribution is -0.158. The lowest BCUT2D eigenvalue weighted by Crippen LogP contribution is -2.40. The van der Waals surface area contributed by atoms with Crippen molar-refractivity contribution in [2.75, 3.05) is 11.1 Å². The number of furan rings is 1. The Kier molecular flexibility index (Phi) is 5.02. The molecule has 2 amide bonds. The second kappa shape index (κ2) is 7.31. The Labute approximate surface area is 161 Å². The molecule has 0 radical (unpaired) electrons. The van der Waals surface area contributed by atoms with Crippen molar-refractivity contribution in [1.82, 2.24) is 15.3 Å². The summed E-state index contributed by atoms with van der Waals surface area (Å²) in [5.74, 6) is 0.570. The number of halogens is 4. The van der Waals surface area contributed by atoms with Gasteiger partial charge in [-0.3, -0.25) is 0 Å². The third-order valence-electron chi connectivity index (χ3n) is 3.99. The smallest absolute Gasteiger partial charge is 0.416 e. The highest BCUT2D eigenvalue weighted by Crippen LogP contribution is 2.39. The van der Waals surface area contributed by atoms with Crippen LogP contribution in [0.1, 0.15) is 22.9 Å². The Morgan fingerprint density at radius 1 is 1.31 bits per heavy atom. The summed E-state index contributed by atoms with van der Waals surface area (Å²) in [6.07, 6.45) is 2.54. The number of hydrogen-bond donors (Lipinski definition) is 3. The van der Waals surface area contributed by atoms with E-state index in [2.05, 4.69) is 21.2 Å². The predicted octanol–water partition coefficient (Wildman–Crippen LogP) is 3.66. The van der Waals surface area contributed by atoms with Gasteiger partial charge in [0.2, 0.25) is 5.95 Å². The van der Waals surface area contributed by atoms with E-state index in [0.717, 1.165) is 18.5 Å². The lowest BCUT2D eigenvalue weighted by atomic mass is 10.1. The van der Waals surface area contributed by atoms with Gasteiger partial charge in [0.25, 0.3) is 0 Å². The normalized spacial score (nSPS) is 12.4. The van der Waals surface area contributed by atoms with Crippen LogP contribution < -0.4 is 16.4 Å². The third kappa shape index (κ3) is 4.06. The highest BCUT2D eigenvalue weighted by atomic mass is 19.4. The van der Waals surface area contributed by atoms with Crippen LogP contribution in [0.25, 0.3) is 11.0 Å². The number of nitrogens with two attached hydrogens (primary N) is 1. The predicted molar refractivity (Wildman–Crippen MR) is 96.2 cm³/mol. The molecule has 7 nitrogen and oxygen atoms in total. The van der Waals surface area contributed by atoms with E-state index in [-0.39, 0.29) is 33.7 Å². The number of nitrogens with one attached hydrogen (secondary N) is 2. The number of urea groups is 1. The average Bonchev–Trinajstić information content (AvgIpc) is 2.97. The molecule has 1 unspecified atom stereocenters. The number of alkyl halides is 3. The largest absolute Gasteiger partial charge is 0.455 e. The fourth-order valence-electron chi connectivity index (χ4n) is 2.65. The maximum atomic E-state index is 14.2. The standard InChI is InChI=1S/C18H13F4N5O2/c1-3-9-4-11-8(2)13(29-14(11)12(19)5-9)15(18(20,21)22)27-17(28)26-10-6-24-16(23)25-7-10/h1,4-7,15H,2H3,(H2,23,24,25)(H2,26,27,28). The third-order valence-corrected chi connectivity index (χ3v) is 3.99. The Bertz CT molecular complexity index is 1120. The number of nitrogens with zero attached hydrogens (tertiary/aromatic N) is 2. The molecule has 0 bridgehead atoms. The first kappa shape index (κ1) is 19.9. The summed E-state index contributed by atoms with van der Waals surface area (Å²) in [5.41, 5.74) is 5.07. The van der Waals surface area contributed by atoms with Gasteiger partial charge in [-0.05, 0) is 19.1 Å². The molecule has 0 aliphatic rings. The number of nitrogen functional groups attached to an aromatic ring is 1. The number of amides is 2. The van der Waals surface area contributed by atoms with Crippen LogP contribution in [0.3, 0.4) is 0 Å². The van der Waals surface area contributed by atoms with E-state index in [1.807, 2.05) is 0 Å². The first-order valence-electron chi connectivity index (χ1n) is 8.01. The summed E-state index contributed by atoms with van der Waals surface area (Å²) in [4.78, 5) is 19.3. The van der Waals surface area contributed by atoms with Crippen molar-refractivity contribution in [2.24, 2.45) is 0 Å². The molecule has 29 heavy (non-hydrogen) atoms. The van der Waals surface area contributed by atoms with E-state index < -0.39 is 29.8 Å². The van der Waals surface area contributed by atoms with Gasteiger partial charge in [-0.1, -0.05) is 5.92 Å². The number of benzene rings is 1. The first-order chi connectivity index (χ1) is 13.6. The molecule has 0 saturated heterocycles. The van der Waals surface area contributed by atoms with Crippen LogP contribution in [0.15, 0.2) is 28.9 Å². The number of aryl methyl sites for hydroxylation is 1. The molecule has 1 aromatic carbocycles. The quantitative estimate of drug-likeness (QED) is 0.454. The van der Waals surface area contributed by atoms with E-state index in [9.17, 15) is 22.4 Å². The van der Waals surface area contributed by atoms with Crippen LogP contribution in [0, 0.1) is 25.1 Å². The highest BCUT2D eigenvalue weighted by Gasteiger charge is 2.45. The molecule has 0 fully saturated rings. The average molecular weight is 407 g/mol. The summed E-state index contributed by atoms with van der Waals surface area (Å²) < 4.78 is 60.2. The van der Waals surface area contributed by atoms with Gasteiger partial charge >= 0.3 is 12.2 Å². The van der Waals surface area contributed by atoms with Crippen molar-refractivity contribution >= 4 is 28.6 Å². The van der Waals surface area contributed by atoms with Gasteiger partial charge in [-0.25, -0.2) is 19.2 Å². The van der Waals surface area contributed by atoms with Gasteiger partial charge in [-0.15, -0.1) is 6.42 Å². The van der Waals surface area contributed by atoms with Gasteiger partial charge in [0, 0.05) is 16.5 Å². The van der Waals surface area contributed by atoms with Gasteiger partial charge in [0.1, 0.15) is 5.76 Å². The Morgan fingerprint density at radius 2 is 1.97 bits per heavy atom. The molecule has 2 aromatic heterocycles. The molecule has 3 aromatic rings. The Balaban J connectivity index is 1.96. The molecular formula is C18H13F4N5O2. The fraction of sp³-hybridized carbons (Fsp3) is 0.167. The lowest BCUT2D eigenvalue weighted by Gasteiger charge is -2.20. The minimum absolute atomic E-state index is 0.00515. The number of hydrogen-bond acceptors (Lipinski definition) is 5. The van der Waals surface area contributed by atoms with Crippen LogP contribution in [-0.4, -0.2) is 22.2 Å². The van der Waals surface area contributed by atoms with E-state index in [1.165, 1.54) is 13.0 Å². The van der Waals surface area contributed by atoms with E-state index in [1.54, 1.807) is 5.32 Å². The first-order valence-corrected chi connectivity index (χ1v) is 8.01. The molecular weight excluding hydrogens is 394 g/mol. The second-order valence-electron chi connectivity index (χ2n) is 5.97. The zero-order chi connectivity index (χ0) is 21.3. The van der Waals surface area contributed by atoms with Crippen molar-refractivity contribution in [3.63, 3.8) is 0 Å². The van der Waals surface area contributed by atoms with Crippen molar-refractivity contribution in [3.8, 4) is 12.3 Å². The maximum Gasteiger partial charge on any atom is 0.416 e. The zero-order valence-electron chi connectivity index (χ0n) is 14.8. The summed E-state index contributed by atoms with van der Waals surface area (Å²) in [5, 5.41) is 4.00. The van der Waals surface area contributed by atoms with Crippen LogP contribution in [0.2, 0.25) is 0 Å². The number of rotatable bonds is 3. The fourth-order valence-corrected chi connectivity index (χ4v) is 2.65. The number of fused-ring (bicyclic) bond motifs is 1. The van der Waals surface area contributed by atoms with Crippen LogP contribution in [0.4, 0.5) is 34.0 Å². The van der Waals surface area contributed by atoms with Crippen LogP contribution in [0.5, 0.6) is 0 Å². The number of anilines is 2. The molecule has 1 atom stereocenters. The van der Waals surface area contributed by atoms with E-state index >= 15 is 0 Å². The van der Waals surface area contributed by atoms with Crippen molar-refractivity contribution in [1.29, 1.82) is 0 Å². The molecule has 0 aliphatic heterocycles. The number of carbonyl (C=O) groups is 1. The number of terminal acetylenes is 1. The SMILES string of the molecule is C#Cc1cc(F)c2oc(C(NC(=O)Nc3cnc(N)nc3)C(F)(F)F)c(C)c2c1. The molecule has 0 aliphatic carbocycles. The second-order valence-corrected chi connectivity index (χ2v) is 5.97. The van der Waals surface area contributed by atoms with Gasteiger partial charge < -0.3 is 20.8 Å². The van der Waals surface area contributed by atoms with Crippen molar-refractivity contribution in [3.05, 3.63) is 47.2 Å². The molecule has 11 heteroatoms. The summed E-state index contributed by atoms with van der Waals surface area (Å²) in [6, 6.07) is -1.44. The summed E-state index contributed by atoms with van der Waals surface area (Å²) >= 11 is 0. The minimum atomic E-state index is -4.93. The monoisotopic (exact) mass is 407 g/mol. The number of aromatic nitrogens is 2. The summed E-state index contributed by atoms with van der Waals surface area (Å²) in [7, 11) is 0. The van der Waals surface area contributed by atoms with E-state index in [0.29, 0.717) is 0 Å². The zero-order valence-corrected chi connectivity index (χ0v) is 14.8. The number of carbonyl (C=O) groups excluding carboxylic acids is 1. The molecule has 150 valence electrons. The van der Waals surface area contributed by atoms with E-state index in [4.69, 9.17) is 16.6 Å². The van der Waals surface area contributed by atoms with Crippen LogP contribution >= 0.6 is 0 Å². The molecule has 0 saturated carbocycles. The Hall–Kier alpha value is -3.81. The highest BCUT2D eigenvalue weighted by molar-refractivity contribution is 5.90. The van der Waals surface area contributed by atoms with Gasteiger partial charge in [0.15, 0.2) is 17.4 Å².